The van der Waals surface area contributed by atoms with Crippen LogP contribution in [-0.4, -0.2) is 70.2 Å². The van der Waals surface area contributed by atoms with E-state index in [1.807, 2.05) is 6.92 Å². The molecule has 3 rings (SSSR count). The summed E-state index contributed by atoms with van der Waals surface area (Å²) in [7, 11) is 1.71. The number of alkyl halides is 2. The lowest BCUT2D eigenvalue weighted by Crippen LogP contribution is -2.45. The van der Waals surface area contributed by atoms with E-state index in [1.54, 1.807) is 13.2 Å². The van der Waals surface area contributed by atoms with Crippen LogP contribution in [0.3, 0.4) is 0 Å². The zero-order valence-corrected chi connectivity index (χ0v) is 20.2. The first-order chi connectivity index (χ1) is 14.6. The molecule has 2 heterocycles. The first kappa shape index (κ1) is 25.7. The number of guanidine groups is 1. The highest BCUT2D eigenvalue weighted by Gasteiger charge is 2.24. The molecule has 8 nitrogen and oxygen atoms in total. The Hall–Kier alpha value is -1.60. The minimum Gasteiger partial charge on any atom is -0.454 e. The molecular weight excluding hydrogens is 525 g/mol. The van der Waals surface area contributed by atoms with Crippen LogP contribution >= 0.6 is 24.0 Å². The van der Waals surface area contributed by atoms with Crippen molar-refractivity contribution in [2.24, 2.45) is 4.99 Å². The second kappa shape index (κ2) is 13.1. The fourth-order valence-corrected chi connectivity index (χ4v) is 3.64. The van der Waals surface area contributed by atoms with Crippen molar-refractivity contribution >= 4 is 29.9 Å². The molecule has 1 saturated heterocycles. The predicted octanol–water partition coefficient (Wildman–Crippen LogP) is 2.80. The Balaban J connectivity index is 0.00000341. The van der Waals surface area contributed by atoms with Crippen molar-refractivity contribution < 1.29 is 27.7 Å². The van der Waals surface area contributed by atoms with Gasteiger partial charge in [-0.15, -0.1) is 24.0 Å². The second-order valence-electron chi connectivity index (χ2n) is 7.09. The van der Waals surface area contributed by atoms with Gasteiger partial charge in [-0.25, -0.2) is 4.99 Å². The number of halogens is 3. The van der Waals surface area contributed by atoms with Crippen molar-refractivity contribution in [2.75, 3.05) is 46.7 Å². The lowest BCUT2D eigenvalue weighted by atomic mass is 10.1. The molecule has 0 aliphatic carbocycles. The normalized spacial score (nSPS) is 18.2. The van der Waals surface area contributed by atoms with Gasteiger partial charge in [-0.3, -0.25) is 4.90 Å². The Morgan fingerprint density at radius 3 is 2.77 bits per heavy atom. The standard InChI is InChI=1S/C20H30F2N4O4.HI/c1-3-23-20(25-12-15-5-4-6-26(15)7-8-27-2)24-11-14-9-17-18(29-13-28-17)10-16(14)30-19(21)22;/h9-10,15,19H,3-8,11-13H2,1-2H3,(H2,23,24,25);1H. The summed E-state index contributed by atoms with van der Waals surface area (Å²) in [5, 5.41) is 6.56. The van der Waals surface area contributed by atoms with Crippen molar-refractivity contribution in [1.29, 1.82) is 0 Å². The van der Waals surface area contributed by atoms with Gasteiger partial charge < -0.3 is 29.6 Å². The molecule has 1 fully saturated rings. The maximum absolute atomic E-state index is 12.8. The molecule has 0 radical (unpaired) electrons. The molecule has 1 aromatic carbocycles. The highest BCUT2D eigenvalue weighted by Crippen LogP contribution is 2.39. The predicted molar refractivity (Wildman–Crippen MR) is 124 cm³/mol. The fraction of sp³-hybridized carbons (Fsp3) is 0.650. The third-order valence-corrected chi connectivity index (χ3v) is 5.11. The van der Waals surface area contributed by atoms with Gasteiger partial charge in [-0.2, -0.15) is 8.78 Å². The summed E-state index contributed by atoms with van der Waals surface area (Å²) in [5.74, 6) is 1.55. The molecule has 2 aliphatic rings. The van der Waals surface area contributed by atoms with E-state index in [0.717, 1.165) is 32.5 Å². The van der Waals surface area contributed by atoms with E-state index >= 15 is 0 Å². The van der Waals surface area contributed by atoms with Crippen LogP contribution in [0.15, 0.2) is 17.1 Å². The molecule has 2 N–H and O–H groups in total. The van der Waals surface area contributed by atoms with Crippen LogP contribution in [0.4, 0.5) is 8.78 Å². The maximum Gasteiger partial charge on any atom is 0.387 e. The summed E-state index contributed by atoms with van der Waals surface area (Å²) in [6.07, 6.45) is 2.28. The van der Waals surface area contributed by atoms with E-state index in [2.05, 4.69) is 25.3 Å². The summed E-state index contributed by atoms with van der Waals surface area (Å²) in [6.45, 7) is 3.37. The number of fused-ring (bicyclic) bond motifs is 1. The summed E-state index contributed by atoms with van der Waals surface area (Å²) < 4.78 is 46.1. The first-order valence-corrected chi connectivity index (χ1v) is 10.2. The van der Waals surface area contributed by atoms with Gasteiger partial charge in [0.15, 0.2) is 17.5 Å². The number of rotatable bonds is 10. The van der Waals surface area contributed by atoms with Gasteiger partial charge >= 0.3 is 6.61 Å². The van der Waals surface area contributed by atoms with E-state index in [-0.39, 0.29) is 43.1 Å². The van der Waals surface area contributed by atoms with Gasteiger partial charge in [0.2, 0.25) is 6.79 Å². The number of hydrogen-bond acceptors (Lipinski definition) is 6. The molecule has 31 heavy (non-hydrogen) atoms. The molecule has 0 aromatic heterocycles. The molecule has 0 saturated carbocycles. The third kappa shape index (κ3) is 7.49. The van der Waals surface area contributed by atoms with Crippen LogP contribution in [0.1, 0.15) is 25.3 Å². The van der Waals surface area contributed by atoms with Gasteiger partial charge in [-0.1, -0.05) is 0 Å². The smallest absolute Gasteiger partial charge is 0.387 e. The van der Waals surface area contributed by atoms with Crippen molar-refractivity contribution in [2.45, 2.75) is 39.0 Å². The van der Waals surface area contributed by atoms with Crippen LogP contribution in [0, 0.1) is 0 Å². The van der Waals surface area contributed by atoms with Gasteiger partial charge in [0.1, 0.15) is 5.75 Å². The number of nitrogens with zero attached hydrogens (tertiary/aromatic N) is 2. The van der Waals surface area contributed by atoms with Crippen LogP contribution in [-0.2, 0) is 11.3 Å². The lowest BCUT2D eigenvalue weighted by molar-refractivity contribution is -0.0505. The number of aliphatic imine (C=N–C) groups is 1. The van der Waals surface area contributed by atoms with Gasteiger partial charge in [-0.05, 0) is 32.4 Å². The quantitative estimate of drug-likeness (QED) is 0.261. The van der Waals surface area contributed by atoms with Crippen LogP contribution in [0.5, 0.6) is 17.2 Å². The number of methoxy groups -OCH3 is 1. The Kier molecular flexibility index (Phi) is 10.8. The topological polar surface area (TPSA) is 76.6 Å². The summed E-state index contributed by atoms with van der Waals surface area (Å²) in [4.78, 5) is 6.96. The molecule has 11 heteroatoms. The van der Waals surface area contributed by atoms with E-state index < -0.39 is 6.61 Å². The average Bonchev–Trinajstić information content (AvgIpc) is 3.36. The first-order valence-electron chi connectivity index (χ1n) is 10.2. The molecule has 1 unspecified atom stereocenters. The van der Waals surface area contributed by atoms with Gasteiger partial charge in [0.25, 0.3) is 0 Å². The van der Waals surface area contributed by atoms with Gasteiger partial charge in [0.05, 0.1) is 13.2 Å². The monoisotopic (exact) mass is 556 g/mol. The fourth-order valence-electron chi connectivity index (χ4n) is 3.64. The number of ether oxygens (including phenoxy) is 4. The molecule has 0 amide bonds. The molecule has 176 valence electrons. The summed E-state index contributed by atoms with van der Waals surface area (Å²) >= 11 is 0. The number of nitrogens with one attached hydrogen (secondary N) is 2. The number of benzene rings is 1. The zero-order chi connectivity index (χ0) is 21.3. The highest BCUT2D eigenvalue weighted by atomic mass is 127. The number of hydrogen-bond donors (Lipinski definition) is 2. The molecule has 0 spiro atoms. The van der Waals surface area contributed by atoms with E-state index in [4.69, 9.17) is 14.2 Å². The maximum atomic E-state index is 12.8. The van der Waals surface area contributed by atoms with Crippen molar-refractivity contribution in [3.8, 4) is 17.2 Å². The van der Waals surface area contributed by atoms with E-state index in [9.17, 15) is 8.78 Å². The minimum atomic E-state index is -2.93. The van der Waals surface area contributed by atoms with Crippen LogP contribution < -0.4 is 24.8 Å². The Morgan fingerprint density at radius 1 is 1.29 bits per heavy atom. The van der Waals surface area contributed by atoms with Gasteiger partial charge in [0, 0.05) is 44.4 Å². The zero-order valence-electron chi connectivity index (χ0n) is 17.9. The Labute approximate surface area is 198 Å². The van der Waals surface area contributed by atoms with E-state index in [0.29, 0.717) is 42.2 Å². The summed E-state index contributed by atoms with van der Waals surface area (Å²) in [5.41, 5.74) is 0.499. The lowest BCUT2D eigenvalue weighted by Gasteiger charge is -2.25. The number of likely N-dealkylation sites (tertiary alicyclic amines) is 1. The van der Waals surface area contributed by atoms with Crippen molar-refractivity contribution in [3.63, 3.8) is 0 Å². The molecule has 1 aromatic rings. The Bertz CT molecular complexity index is 727. The van der Waals surface area contributed by atoms with Crippen LogP contribution in [0.2, 0.25) is 0 Å². The molecule has 1 atom stereocenters. The summed E-state index contributed by atoms with van der Waals surface area (Å²) in [6, 6.07) is 3.47. The van der Waals surface area contributed by atoms with Crippen molar-refractivity contribution in [1.82, 2.24) is 15.5 Å². The molecular formula is C20H31F2IN4O4. The minimum absolute atomic E-state index is 0. The average molecular weight is 556 g/mol. The highest BCUT2D eigenvalue weighted by molar-refractivity contribution is 14.0. The van der Waals surface area contributed by atoms with Crippen molar-refractivity contribution in [3.05, 3.63) is 17.7 Å². The van der Waals surface area contributed by atoms with Crippen LogP contribution in [0.25, 0.3) is 0 Å². The van der Waals surface area contributed by atoms with E-state index in [1.165, 1.54) is 6.07 Å². The third-order valence-electron chi connectivity index (χ3n) is 5.11. The SMILES string of the molecule is CCNC(=NCc1cc2c(cc1OC(F)F)OCO2)NCC1CCCN1CCOC.I. The largest absolute Gasteiger partial charge is 0.454 e. The molecule has 0 bridgehead atoms. The Morgan fingerprint density at radius 2 is 2.06 bits per heavy atom. The second-order valence-corrected chi connectivity index (χ2v) is 7.09. The molecule has 2 aliphatic heterocycles.